The molecule has 8 heteroatoms. The van der Waals surface area contributed by atoms with E-state index in [2.05, 4.69) is 4.74 Å². The van der Waals surface area contributed by atoms with Crippen LogP contribution in [0.2, 0.25) is 0 Å². The summed E-state index contributed by atoms with van der Waals surface area (Å²) in [6, 6.07) is 9.74. The summed E-state index contributed by atoms with van der Waals surface area (Å²) >= 11 is 0. The minimum absolute atomic E-state index is 0.104. The van der Waals surface area contributed by atoms with Crippen LogP contribution in [0.3, 0.4) is 0 Å². The second-order valence-electron chi connectivity index (χ2n) is 4.80. The maximum atomic E-state index is 12.6. The highest BCUT2D eigenvalue weighted by Gasteiger charge is 2.30. The van der Waals surface area contributed by atoms with Gasteiger partial charge in [0.1, 0.15) is 11.5 Å². The molecule has 0 heterocycles. The van der Waals surface area contributed by atoms with Crippen molar-refractivity contribution in [3.63, 3.8) is 0 Å². The summed E-state index contributed by atoms with van der Waals surface area (Å²) in [6.45, 7) is -0.569. The highest BCUT2D eigenvalue weighted by molar-refractivity contribution is 5.89. The molecule has 2 rings (SSSR count). The van der Waals surface area contributed by atoms with E-state index >= 15 is 0 Å². The summed E-state index contributed by atoms with van der Waals surface area (Å²) < 4.78 is 52.3. The molecule has 0 radical (unpaired) electrons. The lowest BCUT2D eigenvalue weighted by Gasteiger charge is -2.10. The summed E-state index contributed by atoms with van der Waals surface area (Å²) in [5, 5.41) is 0. The van der Waals surface area contributed by atoms with Crippen molar-refractivity contribution in [1.29, 1.82) is 0 Å². The highest BCUT2D eigenvalue weighted by Crippen LogP contribution is 2.31. The minimum atomic E-state index is -4.50. The largest absolute Gasteiger partial charge is 0.482 e. The first-order valence-electron chi connectivity index (χ1n) is 6.98. The van der Waals surface area contributed by atoms with E-state index in [1.165, 1.54) is 43.5 Å². The van der Waals surface area contributed by atoms with Gasteiger partial charge in [-0.05, 0) is 42.5 Å². The minimum Gasteiger partial charge on any atom is -0.482 e. The van der Waals surface area contributed by atoms with E-state index in [0.717, 1.165) is 12.1 Å². The van der Waals surface area contributed by atoms with Gasteiger partial charge in [-0.15, -0.1) is 0 Å². The van der Waals surface area contributed by atoms with Crippen molar-refractivity contribution in [2.45, 2.75) is 6.18 Å². The summed E-state index contributed by atoms with van der Waals surface area (Å²) in [7, 11) is 1.24. The van der Waals surface area contributed by atoms with Crippen molar-refractivity contribution in [1.82, 2.24) is 0 Å². The summed E-state index contributed by atoms with van der Waals surface area (Å²) in [5.41, 5.74) is -0.598. The molecule has 2 aromatic carbocycles. The molecular formula is C17H13F3O5. The van der Waals surface area contributed by atoms with Gasteiger partial charge < -0.3 is 14.2 Å². The summed E-state index contributed by atoms with van der Waals surface area (Å²) in [5.74, 6) is -1.29. The fourth-order valence-electron chi connectivity index (χ4n) is 1.84. The van der Waals surface area contributed by atoms with Crippen molar-refractivity contribution in [2.75, 3.05) is 13.7 Å². The number of hydrogen-bond acceptors (Lipinski definition) is 5. The SMILES string of the molecule is COC(=O)c1ccc(OC(=O)COc2cccc(C(F)(F)F)c2)cc1. The fraction of sp³-hybridized carbons (Fsp3) is 0.176. The number of hydrogen-bond donors (Lipinski definition) is 0. The van der Waals surface area contributed by atoms with E-state index in [4.69, 9.17) is 9.47 Å². The van der Waals surface area contributed by atoms with E-state index in [-0.39, 0.29) is 17.1 Å². The van der Waals surface area contributed by atoms with Crippen LogP contribution in [-0.2, 0) is 15.7 Å². The van der Waals surface area contributed by atoms with Gasteiger partial charge in [-0.2, -0.15) is 13.2 Å². The van der Waals surface area contributed by atoms with Gasteiger partial charge in [-0.25, -0.2) is 9.59 Å². The third-order valence-electron chi connectivity index (χ3n) is 3.03. The fourth-order valence-corrected chi connectivity index (χ4v) is 1.84. The van der Waals surface area contributed by atoms with Gasteiger partial charge in [0.25, 0.3) is 0 Å². The van der Waals surface area contributed by atoms with Crippen LogP contribution in [0.1, 0.15) is 15.9 Å². The Morgan fingerprint density at radius 1 is 1.00 bits per heavy atom. The molecule has 0 fully saturated rings. The third-order valence-corrected chi connectivity index (χ3v) is 3.03. The number of carbonyl (C=O) groups excluding carboxylic acids is 2. The molecule has 0 saturated heterocycles. The van der Waals surface area contributed by atoms with E-state index in [1.54, 1.807) is 0 Å². The number of ether oxygens (including phenoxy) is 3. The second-order valence-corrected chi connectivity index (χ2v) is 4.80. The van der Waals surface area contributed by atoms with E-state index in [0.29, 0.717) is 0 Å². The zero-order valence-electron chi connectivity index (χ0n) is 13.0. The molecule has 5 nitrogen and oxygen atoms in total. The average molecular weight is 354 g/mol. The predicted octanol–water partition coefficient (Wildman–Crippen LogP) is 3.48. The van der Waals surface area contributed by atoms with Crippen LogP contribution in [0.15, 0.2) is 48.5 Å². The molecule has 0 N–H and O–H groups in total. The molecule has 132 valence electrons. The van der Waals surface area contributed by atoms with Crippen LogP contribution in [-0.4, -0.2) is 25.7 Å². The standard InChI is InChI=1S/C17H13F3O5/c1-23-16(22)11-5-7-13(8-6-11)25-15(21)10-24-14-4-2-3-12(9-14)17(18,19)20/h2-9H,10H2,1H3. The lowest BCUT2D eigenvalue weighted by Crippen LogP contribution is -2.18. The molecule has 0 aliphatic heterocycles. The van der Waals surface area contributed by atoms with Crippen LogP contribution < -0.4 is 9.47 Å². The van der Waals surface area contributed by atoms with E-state index < -0.39 is 30.3 Å². The van der Waals surface area contributed by atoms with Crippen LogP contribution in [0.25, 0.3) is 0 Å². The quantitative estimate of drug-likeness (QED) is 0.608. The van der Waals surface area contributed by atoms with E-state index in [9.17, 15) is 22.8 Å². The third kappa shape index (κ3) is 5.23. The molecular weight excluding hydrogens is 341 g/mol. The second kappa shape index (κ2) is 7.69. The monoisotopic (exact) mass is 354 g/mol. The van der Waals surface area contributed by atoms with Gasteiger partial charge in [0.05, 0.1) is 18.2 Å². The number of carbonyl (C=O) groups is 2. The van der Waals surface area contributed by atoms with Gasteiger partial charge in [0.15, 0.2) is 6.61 Å². The number of alkyl halides is 3. The van der Waals surface area contributed by atoms with Crippen LogP contribution in [0.5, 0.6) is 11.5 Å². The predicted molar refractivity (Wildman–Crippen MR) is 80.4 cm³/mol. The van der Waals surface area contributed by atoms with Gasteiger partial charge in [-0.1, -0.05) is 6.07 Å². The topological polar surface area (TPSA) is 61.8 Å². The molecule has 0 unspecified atom stereocenters. The van der Waals surface area contributed by atoms with Crippen molar-refractivity contribution in [3.05, 3.63) is 59.7 Å². The normalized spacial score (nSPS) is 10.9. The molecule has 2 aromatic rings. The van der Waals surface area contributed by atoms with Crippen molar-refractivity contribution < 1.29 is 37.0 Å². The van der Waals surface area contributed by atoms with Gasteiger partial charge in [0, 0.05) is 0 Å². The van der Waals surface area contributed by atoms with Crippen LogP contribution in [0.4, 0.5) is 13.2 Å². The lowest BCUT2D eigenvalue weighted by atomic mass is 10.2. The number of benzene rings is 2. The first-order chi connectivity index (χ1) is 11.8. The molecule has 0 spiro atoms. The maximum Gasteiger partial charge on any atom is 0.416 e. The number of halogens is 3. The summed E-state index contributed by atoms with van der Waals surface area (Å²) in [4.78, 5) is 23.0. The molecule has 0 aromatic heterocycles. The Kier molecular flexibility index (Phi) is 5.63. The zero-order valence-corrected chi connectivity index (χ0v) is 13.0. The Morgan fingerprint density at radius 3 is 2.28 bits per heavy atom. The average Bonchev–Trinajstić information content (AvgIpc) is 2.59. The molecule has 0 aliphatic rings. The van der Waals surface area contributed by atoms with Crippen LogP contribution in [0, 0.1) is 0 Å². The first-order valence-corrected chi connectivity index (χ1v) is 6.98. The maximum absolute atomic E-state index is 12.6. The van der Waals surface area contributed by atoms with Gasteiger partial charge in [0.2, 0.25) is 0 Å². The number of rotatable bonds is 5. The first kappa shape index (κ1) is 18.3. The molecule has 0 atom stereocenters. The van der Waals surface area contributed by atoms with Gasteiger partial charge >= 0.3 is 18.1 Å². The van der Waals surface area contributed by atoms with Gasteiger partial charge in [-0.3, -0.25) is 0 Å². The zero-order chi connectivity index (χ0) is 18.4. The Bertz CT molecular complexity index is 754. The molecule has 0 saturated carbocycles. The highest BCUT2D eigenvalue weighted by atomic mass is 19.4. The molecule has 0 aliphatic carbocycles. The Morgan fingerprint density at radius 2 is 1.68 bits per heavy atom. The number of methoxy groups -OCH3 is 1. The van der Waals surface area contributed by atoms with Crippen LogP contribution >= 0.6 is 0 Å². The molecule has 0 bridgehead atoms. The molecule has 0 amide bonds. The van der Waals surface area contributed by atoms with Crippen molar-refractivity contribution in [3.8, 4) is 11.5 Å². The summed E-state index contributed by atoms with van der Waals surface area (Å²) in [6.07, 6.45) is -4.50. The van der Waals surface area contributed by atoms with E-state index in [1.807, 2.05) is 0 Å². The molecule has 25 heavy (non-hydrogen) atoms. The lowest BCUT2D eigenvalue weighted by molar-refractivity contribution is -0.137. The smallest absolute Gasteiger partial charge is 0.416 e. The Balaban J connectivity index is 1.92. The number of esters is 2. The van der Waals surface area contributed by atoms with Crippen molar-refractivity contribution >= 4 is 11.9 Å². The van der Waals surface area contributed by atoms with Crippen molar-refractivity contribution in [2.24, 2.45) is 0 Å². The Labute approximate surface area is 140 Å². The Hall–Kier alpha value is -3.03.